The Labute approximate surface area is 119 Å². The third kappa shape index (κ3) is 3.34. The van der Waals surface area contributed by atoms with Gasteiger partial charge in [-0.05, 0) is 19.4 Å². The smallest absolute Gasteiger partial charge is 0.237 e. The van der Waals surface area contributed by atoms with Crippen molar-refractivity contribution >= 4 is 17.2 Å². The molecular weight excluding hydrogens is 258 g/mol. The number of nitrogens with one attached hydrogen (secondary N) is 1. The summed E-state index contributed by atoms with van der Waals surface area (Å²) >= 11 is 1.72. The van der Waals surface area contributed by atoms with Crippen LogP contribution in [0.25, 0.3) is 0 Å². The van der Waals surface area contributed by atoms with Crippen LogP contribution < -0.4 is 5.32 Å². The topological polar surface area (TPSA) is 45.2 Å². The van der Waals surface area contributed by atoms with Crippen LogP contribution in [-0.2, 0) is 16.8 Å². The van der Waals surface area contributed by atoms with E-state index in [0.717, 1.165) is 36.6 Å². The average Bonchev–Trinajstić information content (AvgIpc) is 2.97. The number of hydrogen-bond donors (Lipinski definition) is 1. The first-order valence-corrected chi connectivity index (χ1v) is 7.70. The molecule has 0 spiro atoms. The molecule has 1 aliphatic heterocycles. The van der Waals surface area contributed by atoms with Gasteiger partial charge in [0.25, 0.3) is 0 Å². The molecule has 1 saturated heterocycles. The average molecular weight is 281 g/mol. The van der Waals surface area contributed by atoms with E-state index in [1.165, 1.54) is 0 Å². The van der Waals surface area contributed by atoms with Crippen LogP contribution in [0.4, 0.5) is 0 Å². The number of rotatable bonds is 3. The molecule has 5 heteroatoms. The number of hydrogen-bond acceptors (Lipinski definition) is 4. The van der Waals surface area contributed by atoms with Crippen molar-refractivity contribution in [2.45, 2.75) is 51.6 Å². The monoisotopic (exact) mass is 281 g/mol. The predicted octanol–water partition coefficient (Wildman–Crippen LogP) is 2.15. The summed E-state index contributed by atoms with van der Waals surface area (Å²) in [6.07, 6.45) is 2.05. The summed E-state index contributed by atoms with van der Waals surface area (Å²) in [6, 6.07) is 0.0183. The standard InChI is InChI=1S/C14H23N3OS/c1-14(2,3)13-16-10(9-19-13)8-17-7-5-6-11(17)12(18)15-4/h9,11H,5-8H2,1-4H3,(H,15,18)/t11-/m1/s1. The molecule has 1 atom stereocenters. The first-order valence-electron chi connectivity index (χ1n) is 6.82. The van der Waals surface area contributed by atoms with Gasteiger partial charge in [-0.15, -0.1) is 11.3 Å². The molecule has 0 radical (unpaired) electrons. The highest BCUT2D eigenvalue weighted by molar-refractivity contribution is 7.09. The van der Waals surface area contributed by atoms with Crippen molar-refractivity contribution in [2.75, 3.05) is 13.6 Å². The van der Waals surface area contributed by atoms with Crippen LogP contribution in [0.2, 0.25) is 0 Å². The van der Waals surface area contributed by atoms with Crippen molar-refractivity contribution in [2.24, 2.45) is 0 Å². The first kappa shape index (κ1) is 14.5. The van der Waals surface area contributed by atoms with E-state index in [1.807, 2.05) is 0 Å². The van der Waals surface area contributed by atoms with Crippen molar-refractivity contribution in [1.29, 1.82) is 0 Å². The van der Waals surface area contributed by atoms with Gasteiger partial charge in [-0.2, -0.15) is 0 Å². The fourth-order valence-electron chi connectivity index (χ4n) is 2.41. The lowest BCUT2D eigenvalue weighted by Crippen LogP contribution is -2.41. The van der Waals surface area contributed by atoms with Crippen LogP contribution >= 0.6 is 11.3 Å². The van der Waals surface area contributed by atoms with Crippen LogP contribution in [0, 0.1) is 0 Å². The van der Waals surface area contributed by atoms with Gasteiger partial charge in [-0.25, -0.2) is 4.98 Å². The Morgan fingerprint density at radius 3 is 2.89 bits per heavy atom. The van der Waals surface area contributed by atoms with E-state index in [2.05, 4.69) is 36.4 Å². The zero-order valence-electron chi connectivity index (χ0n) is 12.2. The Morgan fingerprint density at radius 1 is 1.58 bits per heavy atom. The lowest BCUT2D eigenvalue weighted by molar-refractivity contribution is -0.125. The summed E-state index contributed by atoms with van der Waals surface area (Å²) in [5.41, 5.74) is 1.19. The molecule has 1 aromatic rings. The number of likely N-dealkylation sites (tertiary alicyclic amines) is 1. The Balaban J connectivity index is 2.04. The number of thiazole rings is 1. The van der Waals surface area contributed by atoms with E-state index in [1.54, 1.807) is 18.4 Å². The van der Waals surface area contributed by atoms with E-state index < -0.39 is 0 Å². The van der Waals surface area contributed by atoms with Crippen molar-refractivity contribution in [3.05, 3.63) is 16.1 Å². The molecule has 1 aliphatic rings. The maximum absolute atomic E-state index is 11.8. The Hall–Kier alpha value is -0.940. The molecule has 0 saturated carbocycles. The van der Waals surface area contributed by atoms with Crippen molar-refractivity contribution in [3.8, 4) is 0 Å². The number of carbonyl (C=O) groups excluding carboxylic acids is 1. The van der Waals surface area contributed by atoms with Crippen LogP contribution in [0.3, 0.4) is 0 Å². The minimum Gasteiger partial charge on any atom is -0.358 e. The first-order chi connectivity index (χ1) is 8.91. The zero-order chi connectivity index (χ0) is 14.0. The van der Waals surface area contributed by atoms with Gasteiger partial charge in [0.15, 0.2) is 0 Å². The number of amides is 1. The maximum atomic E-state index is 11.8. The van der Waals surface area contributed by atoms with E-state index in [9.17, 15) is 4.79 Å². The molecule has 19 heavy (non-hydrogen) atoms. The van der Waals surface area contributed by atoms with Crippen LogP contribution in [0.5, 0.6) is 0 Å². The molecule has 0 aromatic carbocycles. The Kier molecular flexibility index (Phi) is 4.26. The van der Waals surface area contributed by atoms with Crippen molar-refractivity contribution in [3.63, 3.8) is 0 Å². The van der Waals surface area contributed by atoms with Gasteiger partial charge in [0.2, 0.25) is 5.91 Å². The molecule has 4 nitrogen and oxygen atoms in total. The Bertz CT molecular complexity index is 450. The number of carbonyl (C=O) groups is 1. The van der Waals surface area contributed by atoms with Gasteiger partial charge in [-0.1, -0.05) is 20.8 Å². The summed E-state index contributed by atoms with van der Waals surface area (Å²) in [6.45, 7) is 8.31. The zero-order valence-corrected chi connectivity index (χ0v) is 13.0. The van der Waals surface area contributed by atoms with E-state index in [4.69, 9.17) is 4.98 Å². The molecule has 1 fully saturated rings. The summed E-state index contributed by atoms with van der Waals surface area (Å²) in [5, 5.41) is 6.04. The van der Waals surface area contributed by atoms with Crippen LogP contribution in [0.15, 0.2) is 5.38 Å². The minimum absolute atomic E-state index is 0.0183. The fourth-order valence-corrected chi connectivity index (χ4v) is 3.31. The van der Waals surface area contributed by atoms with E-state index in [-0.39, 0.29) is 17.4 Å². The summed E-state index contributed by atoms with van der Waals surface area (Å²) in [7, 11) is 1.71. The third-order valence-electron chi connectivity index (χ3n) is 3.47. The largest absolute Gasteiger partial charge is 0.358 e. The van der Waals surface area contributed by atoms with Gasteiger partial charge in [0.1, 0.15) is 0 Å². The molecule has 1 N–H and O–H groups in total. The molecule has 2 heterocycles. The highest BCUT2D eigenvalue weighted by atomic mass is 32.1. The highest BCUT2D eigenvalue weighted by Crippen LogP contribution is 2.27. The molecule has 1 aromatic heterocycles. The number of aromatic nitrogens is 1. The quantitative estimate of drug-likeness (QED) is 0.923. The second kappa shape index (κ2) is 5.59. The van der Waals surface area contributed by atoms with Crippen LogP contribution in [0.1, 0.15) is 44.3 Å². The number of likely N-dealkylation sites (N-methyl/N-ethyl adjacent to an activating group) is 1. The fraction of sp³-hybridized carbons (Fsp3) is 0.714. The van der Waals surface area contributed by atoms with Gasteiger partial charge in [0, 0.05) is 24.4 Å². The summed E-state index contributed by atoms with van der Waals surface area (Å²) in [4.78, 5) is 18.8. The van der Waals surface area contributed by atoms with Gasteiger partial charge >= 0.3 is 0 Å². The normalized spacial score (nSPS) is 20.7. The second-order valence-electron chi connectivity index (χ2n) is 6.14. The van der Waals surface area contributed by atoms with Gasteiger partial charge < -0.3 is 5.32 Å². The number of nitrogens with zero attached hydrogens (tertiary/aromatic N) is 2. The molecule has 1 amide bonds. The lowest BCUT2D eigenvalue weighted by atomic mass is 9.98. The molecule has 106 valence electrons. The van der Waals surface area contributed by atoms with Gasteiger partial charge in [0.05, 0.1) is 16.7 Å². The molecular formula is C14H23N3OS. The second-order valence-corrected chi connectivity index (χ2v) is 6.99. The van der Waals surface area contributed by atoms with Gasteiger partial charge in [-0.3, -0.25) is 9.69 Å². The van der Waals surface area contributed by atoms with E-state index >= 15 is 0 Å². The predicted molar refractivity (Wildman–Crippen MR) is 78.3 cm³/mol. The SMILES string of the molecule is CNC(=O)[C@H]1CCCN1Cc1csc(C(C)(C)C)n1. The van der Waals surface area contributed by atoms with E-state index in [0.29, 0.717) is 0 Å². The molecule has 0 unspecified atom stereocenters. The Morgan fingerprint density at radius 2 is 2.32 bits per heavy atom. The summed E-state index contributed by atoms with van der Waals surface area (Å²) < 4.78 is 0. The minimum atomic E-state index is 0.0183. The maximum Gasteiger partial charge on any atom is 0.237 e. The molecule has 0 bridgehead atoms. The van der Waals surface area contributed by atoms with Crippen LogP contribution in [-0.4, -0.2) is 35.4 Å². The highest BCUT2D eigenvalue weighted by Gasteiger charge is 2.30. The lowest BCUT2D eigenvalue weighted by Gasteiger charge is -2.22. The van der Waals surface area contributed by atoms with Crippen molar-refractivity contribution in [1.82, 2.24) is 15.2 Å². The summed E-state index contributed by atoms with van der Waals surface area (Å²) in [5.74, 6) is 0.128. The molecule has 0 aliphatic carbocycles. The molecule has 2 rings (SSSR count). The van der Waals surface area contributed by atoms with Crippen molar-refractivity contribution < 1.29 is 4.79 Å². The third-order valence-corrected chi connectivity index (χ3v) is 4.79.